The zero-order valence-electron chi connectivity index (χ0n) is 11.7. The maximum Gasteiger partial charge on any atom is 0.330 e. The lowest BCUT2D eigenvalue weighted by Gasteiger charge is -2.12. The van der Waals surface area contributed by atoms with Crippen molar-refractivity contribution in [2.45, 2.75) is 11.1 Å². The number of rotatable bonds is 6. The van der Waals surface area contributed by atoms with Gasteiger partial charge in [-0.05, 0) is 12.1 Å². The fraction of sp³-hybridized carbons (Fsp3) is 0.455. The van der Waals surface area contributed by atoms with Crippen LogP contribution in [0.1, 0.15) is 10.6 Å². The molecule has 0 aliphatic heterocycles. The van der Waals surface area contributed by atoms with Crippen LogP contribution in [-0.2, 0) is 19.6 Å². The van der Waals surface area contributed by atoms with Crippen molar-refractivity contribution < 1.29 is 32.3 Å². The van der Waals surface area contributed by atoms with Gasteiger partial charge in [0.15, 0.2) is 11.8 Å². The number of ether oxygens (including phenoxy) is 1. The fourth-order valence-corrected chi connectivity index (χ4v) is 2.11. The van der Waals surface area contributed by atoms with Gasteiger partial charge in [-0.3, -0.25) is 4.79 Å². The number of aliphatic hydroxyl groups excluding tert-OH is 1. The van der Waals surface area contributed by atoms with E-state index < -0.39 is 39.6 Å². The molecule has 0 radical (unpaired) electrons. The standard InChI is InChI=1S/C11H16N2O7S/c1-13(2)21(17,18)9-5-4-8(20-9)10(15)12-7(6-14)11(16)19-3/h4-5,7,14H,6H2,1-3H3,(H,12,15). The minimum atomic E-state index is -3.80. The number of esters is 1. The van der Waals surface area contributed by atoms with E-state index in [1.165, 1.54) is 14.1 Å². The maximum atomic E-state index is 11.8. The molecule has 0 saturated heterocycles. The highest BCUT2D eigenvalue weighted by Crippen LogP contribution is 2.16. The summed E-state index contributed by atoms with van der Waals surface area (Å²) in [7, 11) is -0.0637. The third kappa shape index (κ3) is 3.80. The smallest absolute Gasteiger partial charge is 0.330 e. The fourth-order valence-electron chi connectivity index (χ4n) is 1.31. The summed E-state index contributed by atoms with van der Waals surface area (Å²) in [6, 6.07) is 1.01. The summed E-state index contributed by atoms with van der Waals surface area (Å²) >= 11 is 0. The molecule has 1 amide bonds. The van der Waals surface area contributed by atoms with Crippen molar-refractivity contribution in [2.75, 3.05) is 27.8 Å². The first-order valence-corrected chi connectivity index (χ1v) is 7.20. The minimum absolute atomic E-state index is 0.308. The molecule has 2 N–H and O–H groups in total. The molecule has 21 heavy (non-hydrogen) atoms. The number of carbonyl (C=O) groups is 2. The van der Waals surface area contributed by atoms with E-state index in [0.29, 0.717) is 0 Å². The predicted molar refractivity (Wildman–Crippen MR) is 69.9 cm³/mol. The molecule has 0 spiro atoms. The van der Waals surface area contributed by atoms with Crippen LogP contribution in [0.5, 0.6) is 0 Å². The quantitative estimate of drug-likeness (QED) is 0.630. The van der Waals surface area contributed by atoms with E-state index >= 15 is 0 Å². The molecule has 1 heterocycles. The van der Waals surface area contributed by atoms with Gasteiger partial charge in [0, 0.05) is 14.1 Å². The molecule has 1 atom stereocenters. The van der Waals surface area contributed by atoms with Crippen LogP contribution in [0.15, 0.2) is 21.6 Å². The SMILES string of the molecule is COC(=O)C(CO)NC(=O)c1ccc(S(=O)(=O)N(C)C)o1. The highest BCUT2D eigenvalue weighted by atomic mass is 32.2. The Morgan fingerprint density at radius 3 is 2.52 bits per heavy atom. The molecular weight excluding hydrogens is 304 g/mol. The van der Waals surface area contributed by atoms with Crippen molar-refractivity contribution in [3.05, 3.63) is 17.9 Å². The third-order valence-electron chi connectivity index (χ3n) is 2.51. The molecule has 118 valence electrons. The van der Waals surface area contributed by atoms with E-state index in [9.17, 15) is 18.0 Å². The second kappa shape index (κ2) is 6.70. The lowest BCUT2D eigenvalue weighted by Crippen LogP contribution is -2.43. The number of aliphatic hydroxyl groups is 1. The number of amides is 1. The van der Waals surface area contributed by atoms with Gasteiger partial charge in [-0.25, -0.2) is 17.5 Å². The molecule has 0 aliphatic carbocycles. The molecule has 0 aliphatic rings. The van der Waals surface area contributed by atoms with Crippen LogP contribution in [0.25, 0.3) is 0 Å². The number of hydrogen-bond donors (Lipinski definition) is 2. The molecule has 1 rings (SSSR count). The van der Waals surface area contributed by atoms with Gasteiger partial charge in [-0.2, -0.15) is 0 Å². The number of nitrogens with one attached hydrogen (secondary N) is 1. The predicted octanol–water partition coefficient (Wildman–Crippen LogP) is -1.21. The van der Waals surface area contributed by atoms with Crippen LogP contribution in [-0.4, -0.2) is 63.6 Å². The summed E-state index contributed by atoms with van der Waals surface area (Å²) in [6.45, 7) is -0.665. The molecule has 0 aromatic carbocycles. The Hall–Kier alpha value is -1.91. The van der Waals surface area contributed by atoms with Gasteiger partial charge in [0.1, 0.15) is 0 Å². The van der Waals surface area contributed by atoms with Gasteiger partial charge in [0.25, 0.3) is 15.9 Å². The Morgan fingerprint density at radius 2 is 2.05 bits per heavy atom. The van der Waals surface area contributed by atoms with Gasteiger partial charge < -0.3 is 19.6 Å². The Morgan fingerprint density at radius 1 is 1.43 bits per heavy atom. The van der Waals surface area contributed by atoms with E-state index in [1.54, 1.807) is 0 Å². The van der Waals surface area contributed by atoms with E-state index in [2.05, 4.69) is 10.1 Å². The maximum absolute atomic E-state index is 11.8. The average molecular weight is 320 g/mol. The summed E-state index contributed by atoms with van der Waals surface area (Å²) in [4.78, 5) is 23.0. The van der Waals surface area contributed by atoms with Crippen LogP contribution < -0.4 is 5.32 Å². The van der Waals surface area contributed by atoms with Gasteiger partial charge >= 0.3 is 5.97 Å². The number of hydrogen-bond acceptors (Lipinski definition) is 7. The van der Waals surface area contributed by atoms with Crippen molar-refractivity contribution in [2.24, 2.45) is 0 Å². The lowest BCUT2D eigenvalue weighted by molar-refractivity contribution is -0.143. The van der Waals surface area contributed by atoms with Crippen molar-refractivity contribution in [3.8, 4) is 0 Å². The average Bonchev–Trinajstić information content (AvgIpc) is 2.93. The number of carbonyl (C=O) groups excluding carboxylic acids is 2. The van der Waals surface area contributed by atoms with Crippen molar-refractivity contribution in [3.63, 3.8) is 0 Å². The Labute approximate surface area is 121 Å². The second-order valence-corrected chi connectivity index (χ2v) is 6.22. The Balaban J connectivity index is 2.91. The van der Waals surface area contributed by atoms with Gasteiger partial charge in [-0.15, -0.1) is 0 Å². The first kappa shape index (κ1) is 17.1. The van der Waals surface area contributed by atoms with Crippen LogP contribution >= 0.6 is 0 Å². The molecule has 10 heteroatoms. The summed E-state index contributed by atoms with van der Waals surface area (Å²) in [6.07, 6.45) is 0. The molecule has 0 bridgehead atoms. The number of nitrogens with zero attached hydrogens (tertiary/aromatic N) is 1. The monoisotopic (exact) mass is 320 g/mol. The largest absolute Gasteiger partial charge is 0.467 e. The topological polar surface area (TPSA) is 126 Å². The van der Waals surface area contributed by atoms with Crippen molar-refractivity contribution in [1.82, 2.24) is 9.62 Å². The van der Waals surface area contributed by atoms with Gasteiger partial charge in [-0.1, -0.05) is 0 Å². The Kier molecular flexibility index (Phi) is 5.47. The van der Waals surface area contributed by atoms with Crippen molar-refractivity contribution in [1.29, 1.82) is 0 Å². The first-order valence-electron chi connectivity index (χ1n) is 5.76. The van der Waals surface area contributed by atoms with E-state index in [-0.39, 0.29) is 5.76 Å². The second-order valence-electron chi connectivity index (χ2n) is 4.14. The first-order chi connectivity index (χ1) is 9.73. The summed E-state index contributed by atoms with van der Waals surface area (Å²) < 4.78 is 33.8. The summed E-state index contributed by atoms with van der Waals surface area (Å²) in [5.41, 5.74) is 0. The molecule has 1 aromatic heterocycles. The number of methoxy groups -OCH3 is 1. The highest BCUT2D eigenvalue weighted by molar-refractivity contribution is 7.88. The number of sulfonamides is 1. The Bertz CT molecular complexity index is 620. The van der Waals surface area contributed by atoms with Crippen LogP contribution in [0.4, 0.5) is 0 Å². The zero-order chi connectivity index (χ0) is 16.2. The van der Waals surface area contributed by atoms with Crippen molar-refractivity contribution >= 4 is 21.9 Å². The number of furan rings is 1. The third-order valence-corrected chi connectivity index (χ3v) is 4.20. The molecule has 1 aromatic rings. The van der Waals surface area contributed by atoms with E-state index in [4.69, 9.17) is 9.52 Å². The van der Waals surface area contributed by atoms with Crippen LogP contribution in [0.2, 0.25) is 0 Å². The molecule has 0 saturated carbocycles. The van der Waals surface area contributed by atoms with Crippen LogP contribution in [0, 0.1) is 0 Å². The van der Waals surface area contributed by atoms with Crippen LogP contribution in [0.3, 0.4) is 0 Å². The molecule has 1 unspecified atom stereocenters. The summed E-state index contributed by atoms with van der Waals surface area (Å²) in [5.74, 6) is -1.99. The normalized spacial score (nSPS) is 13.0. The van der Waals surface area contributed by atoms with E-state index in [1.807, 2.05) is 0 Å². The van der Waals surface area contributed by atoms with Gasteiger partial charge in [0.2, 0.25) is 5.09 Å². The van der Waals surface area contributed by atoms with E-state index in [0.717, 1.165) is 23.5 Å². The highest BCUT2D eigenvalue weighted by Gasteiger charge is 2.26. The van der Waals surface area contributed by atoms with Gasteiger partial charge in [0.05, 0.1) is 13.7 Å². The lowest BCUT2D eigenvalue weighted by atomic mass is 10.3. The summed E-state index contributed by atoms with van der Waals surface area (Å²) in [5, 5.41) is 10.7. The zero-order valence-corrected chi connectivity index (χ0v) is 12.5. The molecule has 9 nitrogen and oxygen atoms in total. The molecule has 0 fully saturated rings. The minimum Gasteiger partial charge on any atom is -0.467 e. The molecular formula is C11H16N2O7S.